The van der Waals surface area contributed by atoms with Crippen molar-refractivity contribution in [2.24, 2.45) is 17.1 Å². The summed E-state index contributed by atoms with van der Waals surface area (Å²) in [6, 6.07) is 7.67. The minimum Gasteiger partial charge on any atom is -0.364 e. The first-order valence-electron chi connectivity index (χ1n) is 12.1. The van der Waals surface area contributed by atoms with Crippen LogP contribution in [0.2, 0.25) is 0 Å². The average molecular weight is 459 g/mol. The van der Waals surface area contributed by atoms with Crippen LogP contribution in [0.5, 0.6) is 0 Å². The van der Waals surface area contributed by atoms with Gasteiger partial charge < -0.3 is 10.6 Å². The Labute approximate surface area is 199 Å². The number of ketones is 1. The van der Waals surface area contributed by atoms with Crippen LogP contribution < -0.4 is 5.73 Å². The first-order chi connectivity index (χ1) is 16.3. The summed E-state index contributed by atoms with van der Waals surface area (Å²) in [5.74, 6) is 6.32. The molecule has 2 N–H and O–H groups in total. The second-order valence-corrected chi connectivity index (χ2v) is 10.1. The van der Waals surface area contributed by atoms with E-state index in [1.807, 2.05) is 31.2 Å². The van der Waals surface area contributed by atoms with Crippen molar-refractivity contribution in [3.8, 4) is 17.5 Å². The summed E-state index contributed by atoms with van der Waals surface area (Å²) in [5.41, 5.74) is 8.70. The number of hydrogen-bond acceptors (Lipinski definition) is 4. The Balaban J connectivity index is 1.49. The minimum atomic E-state index is -0.671. The largest absolute Gasteiger partial charge is 0.364 e. The van der Waals surface area contributed by atoms with E-state index in [4.69, 9.17) is 5.73 Å². The molecular weight excluding hydrogens is 428 g/mol. The smallest absolute Gasteiger partial charge is 0.269 e. The molecule has 5 rings (SSSR count). The van der Waals surface area contributed by atoms with Gasteiger partial charge in [-0.2, -0.15) is 5.10 Å². The van der Waals surface area contributed by atoms with Crippen molar-refractivity contribution in [1.29, 1.82) is 0 Å². The van der Waals surface area contributed by atoms with Crippen molar-refractivity contribution in [3.63, 3.8) is 0 Å². The number of hydrogen-bond donors (Lipinski definition) is 1. The lowest BCUT2D eigenvalue weighted by Crippen LogP contribution is -2.28. The molecule has 2 aromatic rings. The van der Waals surface area contributed by atoms with Crippen molar-refractivity contribution in [3.05, 3.63) is 46.8 Å². The number of fused-ring (bicyclic) bond motifs is 1. The van der Waals surface area contributed by atoms with E-state index in [-0.39, 0.29) is 23.4 Å². The SMILES string of the molecule is CN1CC[C@@](C)(C#Cc2cccc(-n3nc(C(N)=O)c4c3CCC[C@@H]4CC(=O)C3CC3)c2)C1=O. The van der Waals surface area contributed by atoms with Gasteiger partial charge in [-0.25, -0.2) is 4.68 Å². The zero-order valence-corrected chi connectivity index (χ0v) is 19.8. The highest BCUT2D eigenvalue weighted by Gasteiger charge is 2.40. The highest BCUT2D eigenvalue weighted by Crippen LogP contribution is 2.40. The average Bonchev–Trinajstić information content (AvgIpc) is 3.56. The van der Waals surface area contributed by atoms with E-state index in [1.165, 1.54) is 0 Å². The molecule has 176 valence electrons. The third kappa shape index (κ3) is 4.02. The number of Topliss-reactive ketones (excluding diaryl/α,β-unsaturated/α-hetero) is 1. The van der Waals surface area contributed by atoms with Gasteiger partial charge in [-0.05, 0) is 69.6 Å². The lowest BCUT2D eigenvalue weighted by molar-refractivity contribution is -0.131. The third-order valence-corrected chi connectivity index (χ3v) is 7.45. The number of carbonyl (C=O) groups is 3. The highest BCUT2D eigenvalue weighted by molar-refractivity contribution is 5.93. The van der Waals surface area contributed by atoms with Crippen LogP contribution in [0.15, 0.2) is 24.3 Å². The highest BCUT2D eigenvalue weighted by atomic mass is 16.2. The van der Waals surface area contributed by atoms with E-state index >= 15 is 0 Å². The molecule has 1 aromatic carbocycles. The number of amides is 2. The quantitative estimate of drug-likeness (QED) is 0.697. The van der Waals surface area contributed by atoms with Gasteiger partial charge in [-0.1, -0.05) is 17.9 Å². The van der Waals surface area contributed by atoms with Crippen LogP contribution in [-0.2, 0) is 16.0 Å². The van der Waals surface area contributed by atoms with Crippen LogP contribution in [0.25, 0.3) is 5.69 Å². The molecule has 0 unspecified atom stereocenters. The zero-order valence-electron chi connectivity index (χ0n) is 19.8. The van der Waals surface area contributed by atoms with Gasteiger partial charge in [0.05, 0.1) is 5.69 Å². The third-order valence-electron chi connectivity index (χ3n) is 7.45. The fraction of sp³-hybridized carbons (Fsp3) is 0.481. The Morgan fingerprint density at radius 1 is 1.26 bits per heavy atom. The number of likely N-dealkylation sites (tertiary alicyclic amines) is 1. The van der Waals surface area contributed by atoms with Crippen LogP contribution in [0.1, 0.15) is 78.7 Å². The lowest BCUT2D eigenvalue weighted by Gasteiger charge is -2.23. The van der Waals surface area contributed by atoms with Crippen LogP contribution in [0.4, 0.5) is 0 Å². The standard InChI is InChI=1S/C27H30N4O3/c1-27(13-14-30(2)26(27)34)12-11-17-5-3-7-20(15-17)31-21-8-4-6-19(16-22(32)18-9-10-18)23(21)24(29-31)25(28)33/h3,5,7,15,18-19H,4,6,8-10,13-14,16H2,1-2H3,(H2,28,33)/t19-,27-/m1/s1. The molecule has 2 heterocycles. The topological polar surface area (TPSA) is 98.3 Å². The number of aromatic nitrogens is 2. The molecule has 0 radical (unpaired) electrons. The summed E-state index contributed by atoms with van der Waals surface area (Å²) >= 11 is 0. The van der Waals surface area contributed by atoms with E-state index in [0.717, 1.165) is 54.6 Å². The molecule has 7 heteroatoms. The van der Waals surface area contributed by atoms with Crippen molar-refractivity contribution < 1.29 is 14.4 Å². The molecule has 2 amide bonds. The van der Waals surface area contributed by atoms with Gasteiger partial charge in [0.25, 0.3) is 5.91 Å². The number of rotatable bonds is 5. The van der Waals surface area contributed by atoms with Crippen molar-refractivity contribution in [2.45, 2.75) is 57.8 Å². The first-order valence-corrected chi connectivity index (χ1v) is 12.1. The Morgan fingerprint density at radius 3 is 2.74 bits per heavy atom. The number of nitrogens with two attached hydrogens (primary N) is 1. The van der Waals surface area contributed by atoms with E-state index in [0.29, 0.717) is 25.2 Å². The molecule has 2 fully saturated rings. The summed E-state index contributed by atoms with van der Waals surface area (Å²) in [6.45, 7) is 2.60. The number of carbonyl (C=O) groups excluding carboxylic acids is 3. The Hall–Kier alpha value is -3.40. The molecule has 1 saturated heterocycles. The zero-order chi connectivity index (χ0) is 24.0. The number of benzene rings is 1. The van der Waals surface area contributed by atoms with Crippen molar-refractivity contribution in [1.82, 2.24) is 14.7 Å². The second kappa shape index (κ2) is 8.43. The van der Waals surface area contributed by atoms with Gasteiger partial charge >= 0.3 is 0 Å². The van der Waals surface area contributed by atoms with E-state index in [1.54, 1.807) is 16.6 Å². The van der Waals surface area contributed by atoms with Crippen molar-refractivity contribution >= 4 is 17.6 Å². The van der Waals surface area contributed by atoms with Gasteiger partial charge in [0.1, 0.15) is 11.2 Å². The lowest BCUT2D eigenvalue weighted by atomic mass is 9.81. The molecule has 0 bridgehead atoms. The fourth-order valence-electron chi connectivity index (χ4n) is 5.27. The molecule has 1 aliphatic heterocycles. The monoisotopic (exact) mass is 458 g/mol. The minimum absolute atomic E-state index is 0.0126. The van der Waals surface area contributed by atoms with Gasteiger partial charge in [-0.3, -0.25) is 14.4 Å². The summed E-state index contributed by atoms with van der Waals surface area (Å²) in [6.07, 6.45) is 5.71. The maximum Gasteiger partial charge on any atom is 0.269 e. The van der Waals surface area contributed by atoms with Crippen molar-refractivity contribution in [2.75, 3.05) is 13.6 Å². The van der Waals surface area contributed by atoms with E-state index in [9.17, 15) is 14.4 Å². The van der Waals surface area contributed by atoms with Crippen LogP contribution in [0.3, 0.4) is 0 Å². The van der Waals surface area contributed by atoms with Gasteiger partial charge in [0, 0.05) is 42.8 Å². The molecule has 2 atom stereocenters. The Bertz CT molecular complexity index is 1250. The summed E-state index contributed by atoms with van der Waals surface area (Å²) in [7, 11) is 1.80. The molecule has 1 saturated carbocycles. The molecule has 3 aliphatic rings. The maximum absolute atomic E-state index is 12.6. The maximum atomic E-state index is 12.6. The van der Waals surface area contributed by atoms with Crippen LogP contribution in [-0.4, -0.2) is 45.9 Å². The summed E-state index contributed by atoms with van der Waals surface area (Å²) in [5, 5.41) is 4.62. The Kier molecular flexibility index (Phi) is 5.55. The normalized spacial score (nSPS) is 23.9. The van der Waals surface area contributed by atoms with Crippen LogP contribution in [0, 0.1) is 23.2 Å². The van der Waals surface area contributed by atoms with Crippen LogP contribution >= 0.6 is 0 Å². The van der Waals surface area contributed by atoms with E-state index in [2.05, 4.69) is 16.9 Å². The van der Waals surface area contributed by atoms with E-state index < -0.39 is 11.3 Å². The molecule has 7 nitrogen and oxygen atoms in total. The predicted octanol–water partition coefficient (Wildman–Crippen LogP) is 2.98. The summed E-state index contributed by atoms with van der Waals surface area (Å²) in [4.78, 5) is 39.0. The fourth-order valence-corrected chi connectivity index (χ4v) is 5.27. The molecular formula is C27H30N4O3. The summed E-state index contributed by atoms with van der Waals surface area (Å²) < 4.78 is 1.80. The van der Waals surface area contributed by atoms with Gasteiger partial charge in [-0.15, -0.1) is 0 Å². The molecule has 34 heavy (non-hydrogen) atoms. The van der Waals surface area contributed by atoms with Gasteiger partial charge in [0.15, 0.2) is 5.69 Å². The second-order valence-electron chi connectivity index (χ2n) is 10.1. The van der Waals surface area contributed by atoms with Gasteiger partial charge in [0.2, 0.25) is 5.91 Å². The number of primary amides is 1. The predicted molar refractivity (Wildman–Crippen MR) is 127 cm³/mol. The Morgan fingerprint density at radius 2 is 2.06 bits per heavy atom. The molecule has 2 aliphatic carbocycles. The first kappa shape index (κ1) is 22.4. The molecule has 1 aromatic heterocycles. The number of nitrogens with zero attached hydrogens (tertiary/aromatic N) is 3. The molecule has 0 spiro atoms.